The van der Waals surface area contributed by atoms with Gasteiger partial charge in [0.15, 0.2) is 0 Å². The molecule has 0 spiro atoms. The Morgan fingerprint density at radius 3 is 2.14 bits per heavy atom. The maximum atomic E-state index is 13.5. The first-order valence-corrected chi connectivity index (χ1v) is 11.0. The van der Waals surface area contributed by atoms with Gasteiger partial charge < -0.3 is 5.32 Å². The molecule has 4 aromatic carbocycles. The van der Waals surface area contributed by atoms with Gasteiger partial charge in [0.05, 0.1) is 11.9 Å². The highest BCUT2D eigenvalue weighted by molar-refractivity contribution is 5.97. The molecule has 7 heteroatoms. The molecule has 1 N–H and O–H groups in total. The molecule has 0 radical (unpaired) electrons. The van der Waals surface area contributed by atoms with Crippen LogP contribution in [-0.2, 0) is 6.54 Å². The van der Waals surface area contributed by atoms with Crippen molar-refractivity contribution in [2.45, 2.75) is 6.54 Å². The summed E-state index contributed by atoms with van der Waals surface area (Å²) in [6.45, 7) is 0.385. The number of nitrogens with one attached hydrogen (secondary N) is 1. The van der Waals surface area contributed by atoms with Gasteiger partial charge in [-0.2, -0.15) is 0 Å². The summed E-state index contributed by atoms with van der Waals surface area (Å²) in [6, 6.07) is 27.0. The van der Waals surface area contributed by atoms with Crippen LogP contribution in [0.1, 0.15) is 15.9 Å². The standard InChI is InChI=1S/C28H20F2N4O/c29-24-8-6-20(7-9-24)21-14-22(27-18-34(33-32-27)26-12-10-25(30)11-13-26)16-23(15-21)28(35)31-17-19-4-2-1-3-5-19/h1-16,18H,17H2,(H,31,35). The molecule has 172 valence electrons. The Morgan fingerprint density at radius 1 is 0.771 bits per heavy atom. The Bertz CT molecular complexity index is 1460. The van der Waals surface area contributed by atoms with Crippen LogP contribution in [0.3, 0.4) is 0 Å². The Morgan fingerprint density at radius 2 is 1.43 bits per heavy atom. The van der Waals surface area contributed by atoms with E-state index in [4.69, 9.17) is 0 Å². The first kappa shape index (κ1) is 22.2. The SMILES string of the molecule is O=C(NCc1ccccc1)c1cc(-c2ccc(F)cc2)cc(-c2cn(-c3ccc(F)cc3)nn2)c1. The minimum atomic E-state index is -0.341. The molecule has 1 heterocycles. The van der Waals surface area contributed by atoms with Crippen LogP contribution < -0.4 is 5.32 Å². The van der Waals surface area contributed by atoms with Gasteiger partial charge in [-0.3, -0.25) is 4.79 Å². The first-order valence-electron chi connectivity index (χ1n) is 11.0. The lowest BCUT2D eigenvalue weighted by Gasteiger charge is -2.10. The molecule has 1 aromatic heterocycles. The number of rotatable bonds is 6. The van der Waals surface area contributed by atoms with E-state index in [2.05, 4.69) is 15.6 Å². The summed E-state index contributed by atoms with van der Waals surface area (Å²) in [6.07, 6.45) is 1.71. The summed E-state index contributed by atoms with van der Waals surface area (Å²) in [5.41, 5.74) is 4.79. The smallest absolute Gasteiger partial charge is 0.251 e. The molecule has 0 fully saturated rings. The minimum Gasteiger partial charge on any atom is -0.348 e. The van der Waals surface area contributed by atoms with E-state index in [1.807, 2.05) is 36.4 Å². The predicted octanol–water partition coefficient (Wildman–Crippen LogP) is 5.81. The third-order valence-corrected chi connectivity index (χ3v) is 5.55. The molecule has 0 saturated carbocycles. The summed E-state index contributed by atoms with van der Waals surface area (Å²) in [7, 11) is 0. The highest BCUT2D eigenvalue weighted by Crippen LogP contribution is 2.28. The Labute approximate surface area is 200 Å². The second-order valence-electron chi connectivity index (χ2n) is 8.00. The molecule has 0 aliphatic carbocycles. The molecule has 5 rings (SSSR count). The zero-order chi connectivity index (χ0) is 24.2. The maximum Gasteiger partial charge on any atom is 0.251 e. The van der Waals surface area contributed by atoms with Crippen molar-refractivity contribution in [2.24, 2.45) is 0 Å². The van der Waals surface area contributed by atoms with Crippen molar-refractivity contribution in [3.05, 3.63) is 126 Å². The van der Waals surface area contributed by atoms with Gasteiger partial charge >= 0.3 is 0 Å². The third-order valence-electron chi connectivity index (χ3n) is 5.55. The lowest BCUT2D eigenvalue weighted by atomic mass is 9.98. The molecule has 0 unspecified atom stereocenters. The number of nitrogens with zero attached hydrogens (tertiary/aromatic N) is 3. The zero-order valence-electron chi connectivity index (χ0n) is 18.5. The van der Waals surface area contributed by atoms with E-state index in [0.717, 1.165) is 16.7 Å². The average molecular weight is 466 g/mol. The van der Waals surface area contributed by atoms with Crippen molar-refractivity contribution in [3.8, 4) is 28.1 Å². The van der Waals surface area contributed by atoms with Gasteiger partial charge in [-0.25, -0.2) is 13.5 Å². The van der Waals surface area contributed by atoms with Crippen LogP contribution in [0.2, 0.25) is 0 Å². The fourth-order valence-corrected chi connectivity index (χ4v) is 3.71. The van der Waals surface area contributed by atoms with Crippen LogP contribution >= 0.6 is 0 Å². The van der Waals surface area contributed by atoms with E-state index in [1.165, 1.54) is 28.9 Å². The lowest BCUT2D eigenvalue weighted by Crippen LogP contribution is -2.22. The van der Waals surface area contributed by atoms with Crippen LogP contribution in [0, 0.1) is 11.6 Å². The quantitative estimate of drug-likeness (QED) is 0.344. The first-order chi connectivity index (χ1) is 17.0. The number of benzene rings is 4. The molecule has 0 aliphatic heterocycles. The molecule has 5 aromatic rings. The summed E-state index contributed by atoms with van der Waals surface area (Å²) < 4.78 is 28.3. The topological polar surface area (TPSA) is 59.8 Å². The maximum absolute atomic E-state index is 13.5. The van der Waals surface area contributed by atoms with Crippen molar-refractivity contribution in [1.82, 2.24) is 20.3 Å². The van der Waals surface area contributed by atoms with E-state index in [0.29, 0.717) is 29.1 Å². The second-order valence-corrected chi connectivity index (χ2v) is 8.00. The fourth-order valence-electron chi connectivity index (χ4n) is 3.71. The molecule has 0 aliphatic rings. The number of halogens is 2. The van der Waals surface area contributed by atoms with Gasteiger partial charge in [0.25, 0.3) is 5.91 Å². The number of hydrogen-bond acceptors (Lipinski definition) is 3. The van der Waals surface area contributed by atoms with Crippen molar-refractivity contribution < 1.29 is 13.6 Å². The third kappa shape index (κ3) is 5.14. The summed E-state index contributed by atoms with van der Waals surface area (Å²) in [4.78, 5) is 13.0. The molecule has 0 saturated heterocycles. The Kier molecular flexibility index (Phi) is 6.13. The van der Waals surface area contributed by atoms with Gasteiger partial charge in [-0.15, -0.1) is 5.10 Å². The van der Waals surface area contributed by atoms with Gasteiger partial charge in [0.1, 0.15) is 17.3 Å². The number of aromatic nitrogens is 3. The van der Waals surface area contributed by atoms with Crippen LogP contribution in [-0.4, -0.2) is 20.9 Å². The number of amides is 1. The molecule has 35 heavy (non-hydrogen) atoms. The highest BCUT2D eigenvalue weighted by atomic mass is 19.1. The van der Waals surface area contributed by atoms with Gasteiger partial charge in [0.2, 0.25) is 0 Å². The normalized spacial score (nSPS) is 10.8. The number of hydrogen-bond donors (Lipinski definition) is 1. The summed E-state index contributed by atoms with van der Waals surface area (Å²) in [5.74, 6) is -0.926. The van der Waals surface area contributed by atoms with E-state index in [-0.39, 0.29) is 17.5 Å². The van der Waals surface area contributed by atoms with E-state index < -0.39 is 0 Å². The Balaban J connectivity index is 1.50. The number of carbonyl (C=O) groups is 1. The molecule has 0 atom stereocenters. The van der Waals surface area contributed by atoms with Gasteiger partial charge in [-0.1, -0.05) is 47.7 Å². The lowest BCUT2D eigenvalue weighted by molar-refractivity contribution is 0.0951. The van der Waals surface area contributed by atoms with E-state index in [1.54, 1.807) is 42.6 Å². The largest absolute Gasteiger partial charge is 0.348 e. The van der Waals surface area contributed by atoms with E-state index in [9.17, 15) is 13.6 Å². The van der Waals surface area contributed by atoms with Gasteiger partial charge in [0, 0.05) is 17.7 Å². The predicted molar refractivity (Wildman–Crippen MR) is 130 cm³/mol. The molecule has 5 nitrogen and oxygen atoms in total. The Hall–Kier alpha value is -4.65. The van der Waals surface area contributed by atoms with Gasteiger partial charge in [-0.05, 0) is 71.3 Å². The van der Waals surface area contributed by atoms with Crippen LogP contribution in [0.5, 0.6) is 0 Å². The van der Waals surface area contributed by atoms with Crippen molar-refractivity contribution >= 4 is 5.91 Å². The molecule has 1 amide bonds. The summed E-state index contributed by atoms with van der Waals surface area (Å²) >= 11 is 0. The second kappa shape index (κ2) is 9.69. The summed E-state index contributed by atoms with van der Waals surface area (Å²) in [5, 5.41) is 11.3. The van der Waals surface area contributed by atoms with Crippen molar-refractivity contribution in [1.29, 1.82) is 0 Å². The molecular weight excluding hydrogens is 446 g/mol. The van der Waals surface area contributed by atoms with Crippen molar-refractivity contribution in [2.75, 3.05) is 0 Å². The van der Waals surface area contributed by atoms with E-state index >= 15 is 0 Å². The number of carbonyl (C=O) groups excluding carboxylic acids is 1. The monoisotopic (exact) mass is 466 g/mol. The van der Waals surface area contributed by atoms with Crippen molar-refractivity contribution in [3.63, 3.8) is 0 Å². The van der Waals surface area contributed by atoms with Crippen LogP contribution in [0.15, 0.2) is 103 Å². The minimum absolute atomic E-state index is 0.245. The fraction of sp³-hybridized carbons (Fsp3) is 0.0357. The van der Waals surface area contributed by atoms with Crippen LogP contribution in [0.25, 0.3) is 28.1 Å². The molecular formula is C28H20F2N4O. The average Bonchev–Trinajstić information content (AvgIpc) is 3.39. The highest BCUT2D eigenvalue weighted by Gasteiger charge is 2.14. The molecule has 0 bridgehead atoms. The zero-order valence-corrected chi connectivity index (χ0v) is 18.5. The van der Waals surface area contributed by atoms with Crippen LogP contribution in [0.4, 0.5) is 8.78 Å².